The summed E-state index contributed by atoms with van der Waals surface area (Å²) in [6, 6.07) is 14.5. The summed E-state index contributed by atoms with van der Waals surface area (Å²) in [5.41, 5.74) is 3.30. The summed E-state index contributed by atoms with van der Waals surface area (Å²) in [6.07, 6.45) is 7.09. The van der Waals surface area contributed by atoms with Gasteiger partial charge in [-0.1, -0.05) is 18.2 Å². The van der Waals surface area contributed by atoms with E-state index in [9.17, 15) is 4.79 Å². The third-order valence-corrected chi connectivity index (χ3v) is 7.75. The first-order chi connectivity index (χ1) is 17.2. The van der Waals surface area contributed by atoms with Crippen LogP contribution in [0.1, 0.15) is 42.6 Å². The van der Waals surface area contributed by atoms with E-state index < -0.39 is 0 Å². The molecular weight excluding hydrogens is 440 g/mol. The summed E-state index contributed by atoms with van der Waals surface area (Å²) >= 11 is 0. The Morgan fingerprint density at radius 2 is 1.83 bits per heavy atom. The first-order valence-corrected chi connectivity index (χ1v) is 13.1. The molecule has 3 aliphatic heterocycles. The van der Waals surface area contributed by atoms with Gasteiger partial charge >= 0.3 is 0 Å². The monoisotopic (exact) mass is 474 g/mol. The lowest BCUT2D eigenvalue weighted by Gasteiger charge is -2.35. The van der Waals surface area contributed by atoms with E-state index in [0.717, 1.165) is 73.8 Å². The number of carbonyl (C=O) groups excluding carboxylic acids is 1. The number of unbranched alkanes of at least 4 members (excludes halogenated alkanes) is 1. The summed E-state index contributed by atoms with van der Waals surface area (Å²) < 4.78 is 17.0. The highest BCUT2D eigenvalue weighted by molar-refractivity contribution is 5.80. The van der Waals surface area contributed by atoms with Gasteiger partial charge in [0.2, 0.25) is 12.7 Å². The summed E-state index contributed by atoms with van der Waals surface area (Å²) in [6.45, 7) is 5.33. The molecule has 1 fully saturated rings. The Labute approximate surface area is 206 Å². The number of ether oxygens (including phenoxy) is 2. The van der Waals surface area contributed by atoms with Crippen molar-refractivity contribution in [3.05, 3.63) is 59.4 Å². The number of furan rings is 1. The van der Waals surface area contributed by atoms with Crippen molar-refractivity contribution in [2.24, 2.45) is 5.92 Å². The van der Waals surface area contributed by atoms with Crippen LogP contribution in [0, 0.1) is 5.92 Å². The number of piperidine rings is 1. The van der Waals surface area contributed by atoms with E-state index in [1.165, 1.54) is 36.8 Å². The number of hydrogen-bond acceptors (Lipinski definition) is 5. The molecule has 1 aromatic heterocycles. The number of carbonyl (C=O) groups is 1. The van der Waals surface area contributed by atoms with E-state index in [-0.39, 0.29) is 12.7 Å². The molecule has 35 heavy (non-hydrogen) atoms. The summed E-state index contributed by atoms with van der Waals surface area (Å²) in [5, 5.41) is 1.19. The fraction of sp³-hybridized carbons (Fsp3) is 0.483. The van der Waals surface area contributed by atoms with Crippen molar-refractivity contribution in [2.75, 3.05) is 39.5 Å². The average Bonchev–Trinajstić information content (AvgIpc) is 3.47. The molecule has 0 saturated carbocycles. The fourth-order valence-electron chi connectivity index (χ4n) is 5.88. The van der Waals surface area contributed by atoms with Crippen LogP contribution < -0.4 is 9.47 Å². The molecule has 3 aliphatic rings. The predicted octanol–water partition coefficient (Wildman–Crippen LogP) is 4.82. The van der Waals surface area contributed by atoms with Gasteiger partial charge in [0.15, 0.2) is 11.5 Å². The molecule has 0 bridgehead atoms. The van der Waals surface area contributed by atoms with Gasteiger partial charge in [0.1, 0.15) is 11.3 Å². The number of amides is 1. The second-order valence-corrected chi connectivity index (χ2v) is 10.3. The van der Waals surface area contributed by atoms with Crippen molar-refractivity contribution in [3.63, 3.8) is 0 Å². The number of benzene rings is 2. The molecule has 1 amide bonds. The Morgan fingerprint density at radius 1 is 0.971 bits per heavy atom. The molecule has 184 valence electrons. The van der Waals surface area contributed by atoms with Crippen LogP contribution in [0.4, 0.5) is 0 Å². The Balaban J connectivity index is 0.979. The first-order valence-electron chi connectivity index (χ1n) is 13.1. The molecular formula is C29H34N2O4. The van der Waals surface area contributed by atoms with Gasteiger partial charge < -0.3 is 23.7 Å². The van der Waals surface area contributed by atoms with Gasteiger partial charge in [0.25, 0.3) is 0 Å². The molecule has 3 aromatic rings. The minimum atomic E-state index is 0.241. The average molecular weight is 475 g/mol. The third-order valence-electron chi connectivity index (χ3n) is 7.75. The number of aryl methyl sites for hydroxylation is 1. The second-order valence-electron chi connectivity index (χ2n) is 10.3. The Hall–Kier alpha value is -2.99. The highest BCUT2D eigenvalue weighted by Gasteiger charge is 2.28. The van der Waals surface area contributed by atoms with Gasteiger partial charge in [-0.3, -0.25) is 4.79 Å². The molecule has 0 spiro atoms. The van der Waals surface area contributed by atoms with E-state index in [1.54, 1.807) is 0 Å². The molecule has 0 N–H and O–H groups in total. The van der Waals surface area contributed by atoms with Crippen molar-refractivity contribution in [1.29, 1.82) is 0 Å². The zero-order chi connectivity index (χ0) is 23.6. The van der Waals surface area contributed by atoms with Gasteiger partial charge in [-0.15, -0.1) is 0 Å². The molecule has 4 heterocycles. The van der Waals surface area contributed by atoms with Gasteiger partial charge in [0.05, 0.1) is 6.42 Å². The third kappa shape index (κ3) is 5.03. The summed E-state index contributed by atoms with van der Waals surface area (Å²) in [4.78, 5) is 17.8. The number of likely N-dealkylation sites (tertiary alicyclic amines) is 1. The Morgan fingerprint density at radius 3 is 2.71 bits per heavy atom. The van der Waals surface area contributed by atoms with Crippen LogP contribution in [0.3, 0.4) is 0 Å². The van der Waals surface area contributed by atoms with Crippen molar-refractivity contribution < 1.29 is 18.7 Å². The lowest BCUT2D eigenvalue weighted by Crippen LogP contribution is -2.43. The highest BCUT2D eigenvalue weighted by atomic mass is 16.7. The number of fused-ring (bicyclic) bond motifs is 3. The molecule has 0 radical (unpaired) electrons. The second kappa shape index (κ2) is 9.94. The van der Waals surface area contributed by atoms with Crippen molar-refractivity contribution in [1.82, 2.24) is 9.80 Å². The van der Waals surface area contributed by atoms with E-state index in [2.05, 4.69) is 34.1 Å². The largest absolute Gasteiger partial charge is 0.461 e. The van der Waals surface area contributed by atoms with E-state index >= 15 is 0 Å². The van der Waals surface area contributed by atoms with Crippen LogP contribution in [-0.4, -0.2) is 55.2 Å². The van der Waals surface area contributed by atoms with E-state index in [0.29, 0.717) is 12.3 Å². The Kier molecular flexibility index (Phi) is 6.38. The summed E-state index contributed by atoms with van der Waals surface area (Å²) in [7, 11) is 0. The van der Waals surface area contributed by atoms with Crippen LogP contribution in [-0.2, 0) is 24.1 Å². The van der Waals surface area contributed by atoms with Crippen molar-refractivity contribution >= 4 is 16.9 Å². The number of para-hydroxylation sites is 1. The normalized spacial score (nSPS) is 20.3. The smallest absolute Gasteiger partial charge is 0.231 e. The van der Waals surface area contributed by atoms with Crippen LogP contribution in [0.15, 0.2) is 46.9 Å². The van der Waals surface area contributed by atoms with Gasteiger partial charge in [0, 0.05) is 31.4 Å². The Bertz CT molecular complexity index is 1170. The van der Waals surface area contributed by atoms with Gasteiger partial charge in [-0.25, -0.2) is 0 Å². The highest BCUT2D eigenvalue weighted by Crippen LogP contribution is 2.36. The van der Waals surface area contributed by atoms with Gasteiger partial charge in [-0.05, 0) is 86.5 Å². The van der Waals surface area contributed by atoms with Gasteiger partial charge in [-0.2, -0.15) is 0 Å². The van der Waals surface area contributed by atoms with Crippen LogP contribution >= 0.6 is 0 Å². The van der Waals surface area contributed by atoms with Crippen molar-refractivity contribution in [3.8, 4) is 11.5 Å². The fourth-order valence-corrected chi connectivity index (χ4v) is 5.88. The number of hydrogen-bond donors (Lipinski definition) is 0. The maximum atomic E-state index is 13.1. The van der Waals surface area contributed by atoms with E-state index in [4.69, 9.17) is 13.9 Å². The van der Waals surface area contributed by atoms with Crippen LogP contribution in [0.2, 0.25) is 0 Å². The molecule has 6 nitrogen and oxygen atoms in total. The van der Waals surface area contributed by atoms with E-state index in [1.807, 2.05) is 18.2 Å². The quantitative estimate of drug-likeness (QED) is 0.460. The summed E-state index contributed by atoms with van der Waals surface area (Å²) in [5.74, 6) is 3.47. The minimum absolute atomic E-state index is 0.241. The minimum Gasteiger partial charge on any atom is -0.461 e. The standard InChI is InChI=1S/C29H34N2O4/c32-29-17-24-16-28-27(33-20-34-28)15-22(24)10-13-31(29)19-21-6-5-12-30(18-21)11-4-3-8-25-14-23-7-1-2-9-26(23)35-25/h1-2,7,9,14-16,21H,3-6,8,10-13,17-20H2. The topological polar surface area (TPSA) is 55.2 Å². The zero-order valence-corrected chi connectivity index (χ0v) is 20.3. The lowest BCUT2D eigenvalue weighted by atomic mass is 9.97. The maximum absolute atomic E-state index is 13.1. The SMILES string of the molecule is O=C1Cc2cc3c(cc2CCN1CC1CCCN(CCCCc2cc4ccccc4o2)C1)OCO3. The lowest BCUT2D eigenvalue weighted by molar-refractivity contribution is -0.131. The maximum Gasteiger partial charge on any atom is 0.231 e. The molecule has 0 aliphatic carbocycles. The molecule has 6 rings (SSSR count). The number of nitrogens with zero attached hydrogens (tertiary/aromatic N) is 2. The molecule has 1 unspecified atom stereocenters. The predicted molar refractivity (Wildman–Crippen MR) is 135 cm³/mol. The first kappa shape index (κ1) is 22.5. The molecule has 1 atom stereocenters. The van der Waals surface area contributed by atoms with Crippen molar-refractivity contribution in [2.45, 2.75) is 44.9 Å². The zero-order valence-electron chi connectivity index (χ0n) is 20.3. The van der Waals surface area contributed by atoms with Crippen LogP contribution in [0.25, 0.3) is 11.0 Å². The van der Waals surface area contributed by atoms with Crippen LogP contribution in [0.5, 0.6) is 11.5 Å². The molecule has 2 aromatic carbocycles. The molecule has 1 saturated heterocycles. The number of rotatable bonds is 7. The molecule has 6 heteroatoms.